The van der Waals surface area contributed by atoms with E-state index in [2.05, 4.69) is 51.8 Å². The largest absolute Gasteiger partial charge is 0.379 e. The predicted octanol–water partition coefficient (Wildman–Crippen LogP) is 4.22. The fourth-order valence-electron chi connectivity index (χ4n) is 2.70. The maximum atomic E-state index is 5.66. The summed E-state index contributed by atoms with van der Waals surface area (Å²) in [5.74, 6) is 0.881. The molecule has 162 valence electrons. The molecule has 1 N–H and O–H groups in total. The Kier molecular flexibility index (Phi) is 13.1. The van der Waals surface area contributed by atoms with Gasteiger partial charge in [-0.15, -0.1) is 35.3 Å². The topological polar surface area (TPSA) is 59.0 Å². The Bertz CT molecular complexity index is 739. The molecule has 0 unspecified atom stereocenters. The second-order valence-electron chi connectivity index (χ2n) is 6.45. The number of rotatable bonds is 11. The number of aryl methyl sites for hydroxylation is 1. The zero-order chi connectivity index (χ0) is 20.2. The lowest BCUT2D eigenvalue weighted by Gasteiger charge is -2.21. The van der Waals surface area contributed by atoms with Gasteiger partial charge in [0.1, 0.15) is 0 Å². The Labute approximate surface area is 195 Å². The molecule has 6 nitrogen and oxygen atoms in total. The Morgan fingerprint density at radius 3 is 2.66 bits per heavy atom. The van der Waals surface area contributed by atoms with Crippen LogP contribution in [0.3, 0.4) is 0 Å². The molecule has 29 heavy (non-hydrogen) atoms. The first kappa shape index (κ1) is 25.8. The highest BCUT2D eigenvalue weighted by molar-refractivity contribution is 14.0. The Morgan fingerprint density at radius 2 is 1.97 bits per heavy atom. The number of thiazole rings is 1. The van der Waals surface area contributed by atoms with Gasteiger partial charge in [-0.2, -0.15) is 0 Å². The molecule has 1 heterocycles. The first-order chi connectivity index (χ1) is 13.6. The van der Waals surface area contributed by atoms with Crippen LogP contribution in [-0.4, -0.2) is 49.3 Å². The minimum Gasteiger partial charge on any atom is -0.379 e. The van der Waals surface area contributed by atoms with Crippen molar-refractivity contribution in [2.45, 2.75) is 40.5 Å². The highest BCUT2D eigenvalue weighted by atomic mass is 127. The molecule has 2 aromatic rings. The molecule has 0 fully saturated rings. The zero-order valence-corrected chi connectivity index (χ0v) is 21.0. The van der Waals surface area contributed by atoms with Crippen molar-refractivity contribution in [2.75, 3.05) is 33.4 Å². The summed E-state index contributed by atoms with van der Waals surface area (Å²) in [4.78, 5) is 11.4. The second kappa shape index (κ2) is 14.7. The average Bonchev–Trinajstić information content (AvgIpc) is 3.10. The lowest BCUT2D eigenvalue weighted by molar-refractivity contribution is 0.0453. The molecule has 0 amide bonds. The lowest BCUT2D eigenvalue weighted by atomic mass is 10.1. The Balaban J connectivity index is 0.00000420. The molecular weight excluding hydrogens is 499 g/mol. The number of aromatic nitrogens is 1. The molecule has 0 saturated carbocycles. The third-order valence-corrected chi connectivity index (χ3v) is 4.83. The number of guanidine groups is 1. The van der Waals surface area contributed by atoms with Crippen molar-refractivity contribution in [3.63, 3.8) is 0 Å². The van der Waals surface area contributed by atoms with E-state index in [1.165, 1.54) is 5.56 Å². The molecule has 0 aliphatic rings. The van der Waals surface area contributed by atoms with Crippen LogP contribution in [0.25, 0.3) is 0 Å². The molecular formula is C21H33IN4O2S. The Morgan fingerprint density at radius 1 is 1.21 bits per heavy atom. The van der Waals surface area contributed by atoms with Gasteiger partial charge < -0.3 is 19.7 Å². The van der Waals surface area contributed by atoms with Gasteiger partial charge in [-0.25, -0.2) is 9.98 Å². The normalized spacial score (nSPS) is 11.2. The van der Waals surface area contributed by atoms with Crippen LogP contribution in [0.15, 0.2) is 34.6 Å². The summed E-state index contributed by atoms with van der Waals surface area (Å²) >= 11 is 1.68. The maximum Gasteiger partial charge on any atom is 0.194 e. The molecule has 8 heteroatoms. The van der Waals surface area contributed by atoms with E-state index in [0.717, 1.165) is 41.9 Å². The van der Waals surface area contributed by atoms with Gasteiger partial charge in [0, 0.05) is 25.6 Å². The minimum atomic E-state index is 0. The van der Waals surface area contributed by atoms with Gasteiger partial charge in [0.25, 0.3) is 0 Å². The smallest absolute Gasteiger partial charge is 0.194 e. The van der Waals surface area contributed by atoms with Gasteiger partial charge in [0.2, 0.25) is 0 Å². The number of aliphatic imine (C=N–C) groups is 1. The van der Waals surface area contributed by atoms with E-state index in [1.807, 2.05) is 20.9 Å². The van der Waals surface area contributed by atoms with Gasteiger partial charge in [0.05, 0.1) is 43.6 Å². The highest BCUT2D eigenvalue weighted by Crippen LogP contribution is 2.11. The molecule has 0 atom stereocenters. The summed E-state index contributed by atoms with van der Waals surface area (Å²) in [6.07, 6.45) is 0. The van der Waals surface area contributed by atoms with Crippen molar-refractivity contribution in [1.82, 2.24) is 15.2 Å². The summed E-state index contributed by atoms with van der Waals surface area (Å²) in [5.41, 5.74) is 3.39. The maximum absolute atomic E-state index is 5.66. The van der Waals surface area contributed by atoms with E-state index in [0.29, 0.717) is 26.4 Å². The van der Waals surface area contributed by atoms with Crippen LogP contribution in [0.5, 0.6) is 0 Å². The van der Waals surface area contributed by atoms with E-state index in [9.17, 15) is 0 Å². The van der Waals surface area contributed by atoms with Crippen molar-refractivity contribution in [3.05, 3.63) is 51.5 Å². The molecule has 0 spiro atoms. The fourth-order valence-corrected chi connectivity index (χ4v) is 3.31. The summed E-state index contributed by atoms with van der Waals surface area (Å²) in [6, 6.07) is 8.38. The molecule has 1 aromatic heterocycles. The van der Waals surface area contributed by atoms with Crippen LogP contribution >= 0.6 is 35.3 Å². The summed E-state index contributed by atoms with van der Waals surface area (Å²) in [7, 11) is 2.04. The second-order valence-corrected chi connectivity index (χ2v) is 7.52. The van der Waals surface area contributed by atoms with Crippen molar-refractivity contribution in [2.24, 2.45) is 4.99 Å². The van der Waals surface area contributed by atoms with Gasteiger partial charge >= 0.3 is 0 Å². The van der Waals surface area contributed by atoms with E-state index in [1.54, 1.807) is 11.3 Å². The van der Waals surface area contributed by atoms with Crippen LogP contribution in [0.4, 0.5) is 0 Å². The van der Waals surface area contributed by atoms with Crippen molar-refractivity contribution in [1.29, 1.82) is 0 Å². The minimum absolute atomic E-state index is 0. The summed E-state index contributed by atoms with van der Waals surface area (Å²) < 4.78 is 11.0. The average molecular weight is 532 g/mol. The molecule has 0 aliphatic carbocycles. The highest BCUT2D eigenvalue weighted by Gasteiger charge is 2.08. The van der Waals surface area contributed by atoms with Gasteiger partial charge in [-0.05, 0) is 31.9 Å². The Hall–Kier alpha value is -1.23. The van der Waals surface area contributed by atoms with Crippen molar-refractivity contribution in [3.8, 4) is 0 Å². The van der Waals surface area contributed by atoms with Gasteiger partial charge in [-0.3, -0.25) is 0 Å². The molecule has 1 aromatic carbocycles. The van der Waals surface area contributed by atoms with Crippen LogP contribution in [0.1, 0.15) is 35.7 Å². The molecule has 0 aliphatic heterocycles. The van der Waals surface area contributed by atoms with E-state index < -0.39 is 0 Å². The zero-order valence-electron chi connectivity index (χ0n) is 17.8. The number of hydrogen-bond acceptors (Lipinski definition) is 5. The standard InChI is InChI=1S/C21H32N4O2S.HI/c1-5-22-21(25(4)14-20-16-28-17(3)24-20)23-13-18-8-7-9-19(12-18)15-27-11-10-26-6-2;/h7-9,12,16H,5-6,10-11,13-15H2,1-4H3,(H,22,23);1H. The number of halogens is 1. The third kappa shape index (κ3) is 9.88. The van der Waals surface area contributed by atoms with E-state index in [-0.39, 0.29) is 24.0 Å². The van der Waals surface area contributed by atoms with Crippen molar-refractivity contribution >= 4 is 41.3 Å². The molecule has 2 rings (SSSR count). The number of hydrogen-bond donors (Lipinski definition) is 1. The first-order valence-corrected chi connectivity index (χ1v) is 10.6. The molecule has 0 saturated heterocycles. The van der Waals surface area contributed by atoms with Crippen LogP contribution < -0.4 is 5.32 Å². The van der Waals surface area contributed by atoms with Crippen molar-refractivity contribution < 1.29 is 9.47 Å². The predicted molar refractivity (Wildman–Crippen MR) is 131 cm³/mol. The number of nitrogens with one attached hydrogen (secondary N) is 1. The van der Waals surface area contributed by atoms with Crippen LogP contribution in [0, 0.1) is 6.92 Å². The summed E-state index contributed by atoms with van der Waals surface area (Å²) in [5, 5.41) is 6.55. The van der Waals surface area contributed by atoms with Crippen LogP contribution in [0.2, 0.25) is 0 Å². The number of benzene rings is 1. The van der Waals surface area contributed by atoms with Gasteiger partial charge in [0.15, 0.2) is 5.96 Å². The first-order valence-electron chi connectivity index (χ1n) is 9.76. The monoisotopic (exact) mass is 532 g/mol. The van der Waals surface area contributed by atoms with E-state index in [4.69, 9.17) is 14.5 Å². The SMILES string of the molecule is CCNC(=NCc1cccc(COCCOCC)c1)N(C)Cc1csc(C)n1.I. The summed E-state index contributed by atoms with van der Waals surface area (Å²) in [6.45, 7) is 10.8. The molecule has 0 bridgehead atoms. The van der Waals surface area contributed by atoms with Crippen LogP contribution in [-0.2, 0) is 29.2 Å². The molecule has 0 radical (unpaired) electrons. The quantitative estimate of drug-likeness (QED) is 0.203. The third-order valence-electron chi connectivity index (χ3n) is 4.01. The van der Waals surface area contributed by atoms with Gasteiger partial charge in [-0.1, -0.05) is 24.3 Å². The fraction of sp³-hybridized carbons (Fsp3) is 0.524. The number of nitrogens with zero attached hydrogens (tertiary/aromatic N) is 3. The van der Waals surface area contributed by atoms with E-state index >= 15 is 0 Å². The lowest BCUT2D eigenvalue weighted by Crippen LogP contribution is -2.38. The number of ether oxygens (including phenoxy) is 2.